The van der Waals surface area contributed by atoms with Crippen LogP contribution >= 0.6 is 23.2 Å². The summed E-state index contributed by atoms with van der Waals surface area (Å²) >= 11 is 12.3. The predicted molar refractivity (Wildman–Crippen MR) is 128 cm³/mol. The zero-order valence-electron chi connectivity index (χ0n) is 16.7. The van der Waals surface area contributed by atoms with Crippen LogP contribution in [0.2, 0.25) is 10.0 Å². The maximum atomic E-state index is 6.52. The Balaban J connectivity index is 1.65. The van der Waals surface area contributed by atoms with E-state index in [1.807, 2.05) is 54.6 Å². The summed E-state index contributed by atoms with van der Waals surface area (Å²) in [5.74, 6) is 0.840. The second kappa shape index (κ2) is 8.45. The van der Waals surface area contributed by atoms with Crippen LogP contribution in [0.4, 0.5) is 11.8 Å². The topological polar surface area (TPSA) is 94.5 Å². The second-order valence-electron chi connectivity index (χ2n) is 7.05. The highest BCUT2D eigenvalue weighted by molar-refractivity contribution is 6.31. The summed E-state index contributed by atoms with van der Waals surface area (Å²) in [5, 5.41) is 9.75. The van der Waals surface area contributed by atoms with E-state index in [-0.39, 0.29) is 0 Å². The number of fused-ring (bicyclic) bond motifs is 1. The molecule has 9 heteroatoms. The monoisotopic (exact) mass is 461 g/mol. The molecule has 0 aliphatic carbocycles. The van der Waals surface area contributed by atoms with Crippen molar-refractivity contribution in [2.24, 2.45) is 0 Å². The molecule has 0 unspecified atom stereocenters. The summed E-state index contributed by atoms with van der Waals surface area (Å²) in [7, 11) is 0. The van der Waals surface area contributed by atoms with Crippen LogP contribution in [-0.2, 0) is 6.54 Å². The lowest BCUT2D eigenvalue weighted by Gasteiger charge is -2.09. The fourth-order valence-electron chi connectivity index (χ4n) is 3.39. The Morgan fingerprint density at radius 1 is 0.906 bits per heavy atom. The number of nitrogen functional groups attached to an aromatic ring is 1. The van der Waals surface area contributed by atoms with Gasteiger partial charge in [-0.2, -0.15) is 4.98 Å². The Bertz CT molecular complexity index is 1400. The van der Waals surface area contributed by atoms with Gasteiger partial charge in [0.2, 0.25) is 5.95 Å². The average molecular weight is 462 g/mol. The summed E-state index contributed by atoms with van der Waals surface area (Å²) in [6, 6.07) is 20.4. The van der Waals surface area contributed by atoms with E-state index in [9.17, 15) is 0 Å². The van der Waals surface area contributed by atoms with Crippen LogP contribution in [0.5, 0.6) is 0 Å². The maximum absolute atomic E-state index is 6.52. The maximum Gasteiger partial charge on any atom is 0.225 e. The van der Waals surface area contributed by atoms with Crippen molar-refractivity contribution in [2.75, 3.05) is 11.1 Å². The van der Waals surface area contributed by atoms with E-state index < -0.39 is 0 Å². The second-order valence-corrected chi connectivity index (χ2v) is 7.93. The highest BCUT2D eigenvalue weighted by Crippen LogP contribution is 2.34. The minimum atomic E-state index is 0.416. The van der Waals surface area contributed by atoms with E-state index in [4.69, 9.17) is 33.9 Å². The van der Waals surface area contributed by atoms with Gasteiger partial charge in [0.25, 0.3) is 0 Å². The highest BCUT2D eigenvalue weighted by atomic mass is 35.5. The van der Waals surface area contributed by atoms with Crippen LogP contribution in [0.1, 0.15) is 5.69 Å². The lowest BCUT2D eigenvalue weighted by Crippen LogP contribution is -2.06. The molecule has 0 bridgehead atoms. The van der Waals surface area contributed by atoms with Crippen molar-refractivity contribution in [3.8, 4) is 16.9 Å². The Labute approximate surface area is 193 Å². The summed E-state index contributed by atoms with van der Waals surface area (Å²) in [4.78, 5) is 13.7. The third-order valence-electron chi connectivity index (χ3n) is 4.89. The number of rotatable bonds is 5. The van der Waals surface area contributed by atoms with Gasteiger partial charge in [-0.15, -0.1) is 5.10 Å². The van der Waals surface area contributed by atoms with E-state index in [1.54, 1.807) is 23.0 Å². The standard InChI is InChI=1S/C23H17Cl2N7/c24-15-7-9-18(10-8-15)32-21(26)19-20(14-4-3-5-16(25)12-14)29-23(30-22(19)31-32)28-13-17-6-1-2-11-27-17/h1-12H,13,26H2,(H,28,30,31). The van der Waals surface area contributed by atoms with Gasteiger partial charge in [0.15, 0.2) is 5.65 Å². The molecule has 7 nitrogen and oxygen atoms in total. The van der Waals surface area contributed by atoms with Crippen LogP contribution < -0.4 is 11.1 Å². The van der Waals surface area contributed by atoms with E-state index in [0.29, 0.717) is 45.1 Å². The first-order chi connectivity index (χ1) is 15.6. The number of nitrogens with two attached hydrogens (primary N) is 1. The predicted octanol–water partition coefficient (Wildman–Crippen LogP) is 5.38. The lowest BCUT2D eigenvalue weighted by molar-refractivity contribution is 0.899. The van der Waals surface area contributed by atoms with Crippen LogP contribution in [0.3, 0.4) is 0 Å². The normalized spacial score (nSPS) is 11.1. The minimum Gasteiger partial charge on any atom is -0.383 e. The Morgan fingerprint density at radius 3 is 2.50 bits per heavy atom. The summed E-state index contributed by atoms with van der Waals surface area (Å²) < 4.78 is 1.63. The Kier molecular flexibility index (Phi) is 5.34. The molecule has 0 saturated heterocycles. The first kappa shape index (κ1) is 20.2. The van der Waals surface area contributed by atoms with Gasteiger partial charge in [-0.3, -0.25) is 4.98 Å². The van der Waals surface area contributed by atoms with Gasteiger partial charge in [-0.25, -0.2) is 9.67 Å². The smallest absolute Gasteiger partial charge is 0.225 e. The molecule has 0 saturated carbocycles. The minimum absolute atomic E-state index is 0.416. The number of aromatic nitrogens is 5. The van der Waals surface area contributed by atoms with Crippen LogP contribution in [0.25, 0.3) is 28.0 Å². The number of halogens is 2. The van der Waals surface area contributed by atoms with Crippen LogP contribution in [0.15, 0.2) is 72.9 Å². The summed E-state index contributed by atoms with van der Waals surface area (Å²) in [6.07, 6.45) is 1.74. The molecule has 5 rings (SSSR count). The van der Waals surface area contributed by atoms with E-state index >= 15 is 0 Å². The molecule has 0 radical (unpaired) electrons. The van der Waals surface area contributed by atoms with Crippen molar-refractivity contribution >= 4 is 46.0 Å². The van der Waals surface area contributed by atoms with Crippen molar-refractivity contribution < 1.29 is 0 Å². The van der Waals surface area contributed by atoms with E-state index in [1.165, 1.54) is 0 Å². The number of pyridine rings is 1. The van der Waals surface area contributed by atoms with Gasteiger partial charge in [0.05, 0.1) is 29.0 Å². The average Bonchev–Trinajstić information content (AvgIpc) is 3.15. The fraction of sp³-hybridized carbons (Fsp3) is 0.0435. The van der Waals surface area contributed by atoms with Gasteiger partial charge in [0.1, 0.15) is 5.82 Å². The molecule has 2 aromatic carbocycles. The van der Waals surface area contributed by atoms with Crippen molar-refractivity contribution in [2.45, 2.75) is 6.54 Å². The SMILES string of the molecule is Nc1c2c(-c3cccc(Cl)c3)nc(NCc3ccccn3)nc2nn1-c1ccc(Cl)cc1. The Morgan fingerprint density at radius 2 is 1.75 bits per heavy atom. The number of nitrogens with one attached hydrogen (secondary N) is 1. The number of anilines is 2. The molecule has 5 aromatic rings. The molecule has 0 spiro atoms. The molecule has 0 aliphatic heterocycles. The van der Waals surface area contributed by atoms with Gasteiger partial charge < -0.3 is 11.1 Å². The third-order valence-corrected chi connectivity index (χ3v) is 5.38. The van der Waals surface area contributed by atoms with Gasteiger partial charge in [-0.05, 0) is 48.5 Å². The number of hydrogen-bond acceptors (Lipinski definition) is 6. The Hall–Kier alpha value is -3.68. The van der Waals surface area contributed by atoms with Crippen molar-refractivity contribution in [3.05, 3.63) is 88.7 Å². The molecule has 32 heavy (non-hydrogen) atoms. The quantitative estimate of drug-likeness (QED) is 0.364. The molecule has 0 fully saturated rings. The molecule has 0 atom stereocenters. The summed E-state index contributed by atoms with van der Waals surface area (Å²) in [6.45, 7) is 0.467. The van der Waals surface area contributed by atoms with Crippen LogP contribution in [0, 0.1) is 0 Å². The number of nitrogens with zero attached hydrogens (tertiary/aromatic N) is 5. The molecular weight excluding hydrogens is 445 g/mol. The zero-order chi connectivity index (χ0) is 22.1. The zero-order valence-corrected chi connectivity index (χ0v) is 18.2. The summed E-state index contributed by atoms with van der Waals surface area (Å²) in [5.41, 5.74) is 10.1. The third kappa shape index (κ3) is 3.95. The van der Waals surface area contributed by atoms with E-state index in [2.05, 4.69) is 20.4 Å². The molecular formula is C23H17Cl2N7. The molecule has 0 aliphatic rings. The van der Waals surface area contributed by atoms with Crippen molar-refractivity contribution in [3.63, 3.8) is 0 Å². The molecule has 3 heterocycles. The molecule has 158 valence electrons. The molecule has 3 N–H and O–H groups in total. The van der Waals surface area contributed by atoms with Crippen molar-refractivity contribution in [1.82, 2.24) is 24.7 Å². The number of benzene rings is 2. The molecule has 3 aromatic heterocycles. The van der Waals surface area contributed by atoms with Gasteiger partial charge >= 0.3 is 0 Å². The first-order valence-electron chi connectivity index (χ1n) is 9.80. The molecule has 0 amide bonds. The van der Waals surface area contributed by atoms with Gasteiger partial charge in [-0.1, -0.05) is 41.4 Å². The first-order valence-corrected chi connectivity index (χ1v) is 10.6. The van der Waals surface area contributed by atoms with Gasteiger partial charge in [0, 0.05) is 21.8 Å². The highest BCUT2D eigenvalue weighted by Gasteiger charge is 2.19. The van der Waals surface area contributed by atoms with E-state index in [0.717, 1.165) is 16.9 Å². The van der Waals surface area contributed by atoms with Crippen LogP contribution in [-0.4, -0.2) is 24.7 Å². The van der Waals surface area contributed by atoms with Crippen molar-refractivity contribution in [1.29, 1.82) is 0 Å². The largest absolute Gasteiger partial charge is 0.383 e. The fourth-order valence-corrected chi connectivity index (χ4v) is 3.70. The lowest BCUT2D eigenvalue weighted by atomic mass is 10.1. The number of hydrogen-bond donors (Lipinski definition) is 2.